The monoisotopic (exact) mass is 319 g/mol. The van der Waals surface area contributed by atoms with Crippen LogP contribution >= 0.6 is 15.9 Å². The Hall–Kier alpha value is -1.13. The highest BCUT2D eigenvalue weighted by atomic mass is 79.9. The predicted octanol–water partition coefficient (Wildman–Crippen LogP) is 3.58. The van der Waals surface area contributed by atoms with Crippen LogP contribution in [0.15, 0.2) is 28.9 Å². The third kappa shape index (κ3) is 2.35. The van der Waals surface area contributed by atoms with Gasteiger partial charge in [0.1, 0.15) is 0 Å². The maximum atomic E-state index is 4.47. The van der Waals surface area contributed by atoms with Gasteiger partial charge in [0.2, 0.25) is 0 Å². The van der Waals surface area contributed by atoms with Crippen LogP contribution in [0.25, 0.3) is 11.1 Å². The molecule has 1 N–H and O–H groups in total. The molecule has 0 aliphatic carbocycles. The van der Waals surface area contributed by atoms with E-state index in [1.165, 1.54) is 35.2 Å². The summed E-state index contributed by atoms with van der Waals surface area (Å²) < 4.78 is 3.13. The van der Waals surface area contributed by atoms with Crippen molar-refractivity contribution in [2.75, 3.05) is 6.54 Å². The zero-order valence-corrected chi connectivity index (χ0v) is 12.9. The van der Waals surface area contributed by atoms with Crippen LogP contribution in [-0.4, -0.2) is 16.3 Å². The molecule has 0 amide bonds. The van der Waals surface area contributed by atoms with Gasteiger partial charge in [-0.15, -0.1) is 0 Å². The summed E-state index contributed by atoms with van der Waals surface area (Å²) in [5.74, 6) is 0. The van der Waals surface area contributed by atoms with E-state index in [-0.39, 0.29) is 0 Å². The van der Waals surface area contributed by atoms with Gasteiger partial charge in [0.05, 0.1) is 11.9 Å². The third-order valence-electron chi connectivity index (χ3n) is 3.86. The summed E-state index contributed by atoms with van der Waals surface area (Å²) in [5, 5.41) is 8.04. The minimum Gasteiger partial charge on any atom is -0.309 e. The maximum Gasteiger partial charge on any atom is 0.0628 e. The lowest BCUT2D eigenvalue weighted by Crippen LogP contribution is -2.17. The Kier molecular flexibility index (Phi) is 3.46. The number of benzene rings is 1. The molecule has 1 aliphatic heterocycles. The molecule has 0 spiro atoms. The van der Waals surface area contributed by atoms with Crippen molar-refractivity contribution in [1.82, 2.24) is 15.1 Å². The number of nitrogens with zero attached hydrogens (tertiary/aromatic N) is 2. The summed E-state index contributed by atoms with van der Waals surface area (Å²) in [6.07, 6.45) is 4.43. The van der Waals surface area contributed by atoms with Crippen molar-refractivity contribution >= 4 is 15.9 Å². The van der Waals surface area contributed by atoms with E-state index >= 15 is 0 Å². The molecule has 3 nitrogen and oxygen atoms in total. The van der Waals surface area contributed by atoms with E-state index in [9.17, 15) is 0 Å². The van der Waals surface area contributed by atoms with E-state index in [1.807, 2.05) is 17.9 Å². The van der Waals surface area contributed by atoms with E-state index in [0.717, 1.165) is 11.0 Å². The number of rotatable bonds is 2. The summed E-state index contributed by atoms with van der Waals surface area (Å²) in [4.78, 5) is 0. The Morgan fingerprint density at radius 1 is 1.37 bits per heavy atom. The smallest absolute Gasteiger partial charge is 0.0628 e. The first-order valence-corrected chi connectivity index (χ1v) is 7.48. The molecule has 1 aliphatic rings. The SMILES string of the molecule is Cc1ccc(Br)cc1-c1cnn(C)c1C1CCCN1. The molecule has 1 aromatic carbocycles. The molecule has 19 heavy (non-hydrogen) atoms. The van der Waals surface area contributed by atoms with Gasteiger partial charge in [0.25, 0.3) is 0 Å². The highest BCUT2D eigenvalue weighted by molar-refractivity contribution is 9.10. The second-order valence-electron chi connectivity index (χ2n) is 5.18. The van der Waals surface area contributed by atoms with E-state index in [1.54, 1.807) is 0 Å². The van der Waals surface area contributed by atoms with Gasteiger partial charge in [-0.05, 0) is 49.6 Å². The molecule has 1 unspecified atom stereocenters. The quantitative estimate of drug-likeness (QED) is 0.916. The lowest BCUT2D eigenvalue weighted by Gasteiger charge is -2.15. The predicted molar refractivity (Wildman–Crippen MR) is 81.1 cm³/mol. The van der Waals surface area contributed by atoms with Crippen LogP contribution in [0, 0.1) is 6.92 Å². The summed E-state index contributed by atoms with van der Waals surface area (Å²) in [6, 6.07) is 6.85. The Balaban J connectivity index is 2.12. The van der Waals surface area contributed by atoms with Crippen LogP contribution in [0.2, 0.25) is 0 Å². The maximum absolute atomic E-state index is 4.47. The zero-order chi connectivity index (χ0) is 13.4. The van der Waals surface area contributed by atoms with Crippen molar-refractivity contribution < 1.29 is 0 Å². The molecule has 1 saturated heterocycles. The highest BCUT2D eigenvalue weighted by Gasteiger charge is 2.24. The number of nitrogens with one attached hydrogen (secondary N) is 1. The number of hydrogen-bond donors (Lipinski definition) is 1. The first kappa shape index (κ1) is 12.9. The highest BCUT2D eigenvalue weighted by Crippen LogP contribution is 2.34. The van der Waals surface area contributed by atoms with Crippen molar-refractivity contribution in [3.05, 3.63) is 40.1 Å². The molecule has 2 aromatic rings. The minimum absolute atomic E-state index is 0.431. The fourth-order valence-electron chi connectivity index (χ4n) is 2.87. The van der Waals surface area contributed by atoms with Crippen LogP contribution in [0.1, 0.15) is 30.1 Å². The normalized spacial score (nSPS) is 19.0. The summed E-state index contributed by atoms with van der Waals surface area (Å²) in [6.45, 7) is 3.26. The van der Waals surface area contributed by atoms with Crippen molar-refractivity contribution in [1.29, 1.82) is 0 Å². The van der Waals surface area contributed by atoms with Gasteiger partial charge in [-0.25, -0.2) is 0 Å². The molecule has 1 aromatic heterocycles. The fraction of sp³-hybridized carbons (Fsp3) is 0.400. The van der Waals surface area contributed by atoms with Crippen LogP contribution in [-0.2, 0) is 7.05 Å². The molecular weight excluding hydrogens is 302 g/mol. The summed E-state index contributed by atoms with van der Waals surface area (Å²) in [7, 11) is 2.03. The van der Waals surface area contributed by atoms with Crippen molar-refractivity contribution in [2.24, 2.45) is 7.05 Å². The number of aromatic nitrogens is 2. The minimum atomic E-state index is 0.431. The first-order valence-electron chi connectivity index (χ1n) is 6.68. The Labute approximate surface area is 122 Å². The molecule has 2 heterocycles. The van der Waals surface area contributed by atoms with Crippen LogP contribution in [0.3, 0.4) is 0 Å². The second kappa shape index (κ2) is 5.10. The average Bonchev–Trinajstić information content (AvgIpc) is 3.01. The fourth-order valence-corrected chi connectivity index (χ4v) is 3.23. The Morgan fingerprint density at radius 2 is 2.21 bits per heavy atom. The first-order chi connectivity index (χ1) is 9.16. The zero-order valence-electron chi connectivity index (χ0n) is 11.3. The molecule has 1 atom stereocenters. The van der Waals surface area contributed by atoms with Crippen molar-refractivity contribution in [3.8, 4) is 11.1 Å². The molecule has 3 rings (SSSR count). The largest absolute Gasteiger partial charge is 0.309 e. The number of halogens is 1. The number of aryl methyl sites for hydroxylation is 2. The topological polar surface area (TPSA) is 29.9 Å². The van der Waals surface area contributed by atoms with Crippen molar-refractivity contribution in [2.45, 2.75) is 25.8 Å². The van der Waals surface area contributed by atoms with Gasteiger partial charge in [-0.2, -0.15) is 5.10 Å². The van der Waals surface area contributed by atoms with Gasteiger partial charge >= 0.3 is 0 Å². The van der Waals surface area contributed by atoms with E-state index < -0.39 is 0 Å². The summed E-state index contributed by atoms with van der Waals surface area (Å²) in [5.41, 5.74) is 5.11. The Morgan fingerprint density at radius 3 is 2.95 bits per heavy atom. The lowest BCUT2D eigenvalue weighted by atomic mass is 9.97. The van der Waals surface area contributed by atoms with E-state index in [4.69, 9.17) is 0 Å². The average molecular weight is 320 g/mol. The van der Waals surface area contributed by atoms with Crippen molar-refractivity contribution in [3.63, 3.8) is 0 Å². The molecule has 100 valence electrons. The van der Waals surface area contributed by atoms with Gasteiger partial charge in [-0.3, -0.25) is 4.68 Å². The van der Waals surface area contributed by atoms with Gasteiger partial charge in [0, 0.05) is 23.1 Å². The summed E-state index contributed by atoms with van der Waals surface area (Å²) >= 11 is 3.57. The lowest BCUT2D eigenvalue weighted by molar-refractivity contribution is 0.575. The molecular formula is C15H18BrN3. The van der Waals surface area contributed by atoms with E-state index in [2.05, 4.69) is 51.5 Å². The second-order valence-corrected chi connectivity index (χ2v) is 6.09. The third-order valence-corrected chi connectivity index (χ3v) is 4.36. The molecule has 0 bridgehead atoms. The van der Waals surface area contributed by atoms with Gasteiger partial charge in [0.15, 0.2) is 0 Å². The van der Waals surface area contributed by atoms with E-state index in [0.29, 0.717) is 6.04 Å². The Bertz CT molecular complexity index is 597. The molecule has 4 heteroatoms. The van der Waals surface area contributed by atoms with Gasteiger partial charge < -0.3 is 5.32 Å². The van der Waals surface area contributed by atoms with Gasteiger partial charge in [-0.1, -0.05) is 22.0 Å². The van der Waals surface area contributed by atoms with Crippen LogP contribution in [0.5, 0.6) is 0 Å². The number of hydrogen-bond acceptors (Lipinski definition) is 2. The molecule has 0 radical (unpaired) electrons. The standard InChI is InChI=1S/C15H18BrN3/c1-10-5-6-11(16)8-12(10)13-9-18-19(2)15(13)14-4-3-7-17-14/h5-6,8-9,14,17H,3-4,7H2,1-2H3. The van der Waals surface area contributed by atoms with Crippen LogP contribution < -0.4 is 5.32 Å². The molecule has 0 saturated carbocycles. The van der Waals surface area contributed by atoms with Crippen LogP contribution in [0.4, 0.5) is 0 Å². The molecule has 1 fully saturated rings.